The zero-order valence-electron chi connectivity index (χ0n) is 12.5. The van der Waals surface area contributed by atoms with Gasteiger partial charge >= 0.3 is 5.97 Å². The summed E-state index contributed by atoms with van der Waals surface area (Å²) >= 11 is 0. The molecule has 22 heavy (non-hydrogen) atoms. The molecule has 0 aromatic heterocycles. The van der Waals surface area contributed by atoms with Gasteiger partial charge < -0.3 is 10.1 Å². The van der Waals surface area contributed by atoms with Crippen LogP contribution in [0.4, 0.5) is 0 Å². The normalized spacial score (nSPS) is 9.73. The molecule has 0 saturated heterocycles. The average molecular weight is 295 g/mol. The Balaban J connectivity index is 2.71. The minimum absolute atomic E-state index is 0.132. The molecule has 0 bridgehead atoms. The molecule has 0 aliphatic carbocycles. The largest absolute Gasteiger partial charge is 0.464 e. The average Bonchev–Trinajstić information content (AvgIpc) is 2.55. The summed E-state index contributed by atoms with van der Waals surface area (Å²) in [5.74, 6) is -0.914. The second kappa shape index (κ2) is 7.22. The number of rotatable bonds is 4. The van der Waals surface area contributed by atoms with E-state index in [1.807, 2.05) is 60.7 Å². The molecule has 0 unspecified atom stereocenters. The first-order valence-corrected chi connectivity index (χ1v) is 6.84. The molecule has 0 spiro atoms. The monoisotopic (exact) mass is 295 g/mol. The van der Waals surface area contributed by atoms with Gasteiger partial charge in [0.2, 0.25) is 5.91 Å². The Labute approximate surface area is 129 Å². The highest BCUT2D eigenvalue weighted by Crippen LogP contribution is 2.26. The van der Waals surface area contributed by atoms with E-state index in [2.05, 4.69) is 5.32 Å². The predicted octanol–water partition coefficient (Wildman–Crippen LogP) is 2.76. The molecular formula is C18H17NO3. The van der Waals surface area contributed by atoms with Crippen molar-refractivity contribution in [2.75, 3.05) is 7.11 Å². The molecule has 0 aliphatic rings. The number of methoxy groups -OCH3 is 1. The first kappa shape index (κ1) is 15.5. The number of nitrogens with one attached hydrogen (secondary N) is 1. The molecule has 4 heteroatoms. The van der Waals surface area contributed by atoms with Crippen LogP contribution in [0, 0.1) is 0 Å². The summed E-state index contributed by atoms with van der Waals surface area (Å²) in [6.07, 6.45) is 0. The van der Waals surface area contributed by atoms with Crippen LogP contribution in [0.2, 0.25) is 0 Å². The van der Waals surface area contributed by atoms with Crippen LogP contribution in [0.1, 0.15) is 18.1 Å². The highest BCUT2D eigenvalue weighted by atomic mass is 16.5. The molecular weight excluding hydrogens is 278 g/mol. The molecule has 2 aromatic rings. The standard InChI is InChI=1S/C18H17NO3/c1-13(20)19-17(18(21)22-2)16(14-9-5-3-6-10-14)15-11-7-4-8-12-15/h3-12H,1-2H3,(H,19,20). The van der Waals surface area contributed by atoms with E-state index in [-0.39, 0.29) is 11.6 Å². The fraction of sp³-hybridized carbons (Fsp3) is 0.111. The molecule has 0 radical (unpaired) electrons. The molecule has 112 valence electrons. The summed E-state index contributed by atoms with van der Waals surface area (Å²) in [5.41, 5.74) is 2.40. The Morgan fingerprint density at radius 3 is 1.68 bits per heavy atom. The Morgan fingerprint density at radius 2 is 1.32 bits per heavy atom. The number of hydrogen-bond acceptors (Lipinski definition) is 3. The van der Waals surface area contributed by atoms with E-state index >= 15 is 0 Å². The lowest BCUT2D eigenvalue weighted by atomic mass is 9.95. The molecule has 0 heterocycles. The summed E-state index contributed by atoms with van der Waals surface area (Å²) in [5, 5.41) is 2.59. The van der Waals surface area contributed by atoms with Crippen LogP contribution in [0.15, 0.2) is 66.4 Å². The molecule has 0 atom stereocenters. The number of benzene rings is 2. The second-order valence-corrected chi connectivity index (χ2v) is 4.65. The smallest absolute Gasteiger partial charge is 0.355 e. The van der Waals surface area contributed by atoms with Crippen molar-refractivity contribution < 1.29 is 14.3 Å². The van der Waals surface area contributed by atoms with Crippen LogP contribution in [0.3, 0.4) is 0 Å². The van der Waals surface area contributed by atoms with Gasteiger partial charge in [0.15, 0.2) is 0 Å². The van der Waals surface area contributed by atoms with Gasteiger partial charge in [-0.3, -0.25) is 4.79 Å². The van der Waals surface area contributed by atoms with Crippen LogP contribution >= 0.6 is 0 Å². The van der Waals surface area contributed by atoms with Crippen molar-refractivity contribution in [3.8, 4) is 0 Å². The van der Waals surface area contributed by atoms with E-state index in [1.165, 1.54) is 14.0 Å². The minimum Gasteiger partial charge on any atom is -0.464 e. The van der Waals surface area contributed by atoms with E-state index in [4.69, 9.17) is 4.74 Å². The first-order valence-electron chi connectivity index (χ1n) is 6.84. The number of ether oxygens (including phenoxy) is 1. The molecule has 2 rings (SSSR count). The third-order valence-electron chi connectivity index (χ3n) is 3.07. The summed E-state index contributed by atoms with van der Waals surface area (Å²) in [6, 6.07) is 18.8. The minimum atomic E-state index is -0.585. The van der Waals surface area contributed by atoms with Gasteiger partial charge in [0.25, 0.3) is 0 Å². The van der Waals surface area contributed by atoms with Crippen molar-refractivity contribution in [1.82, 2.24) is 5.32 Å². The fourth-order valence-electron chi connectivity index (χ4n) is 2.16. The van der Waals surface area contributed by atoms with Crippen LogP contribution in [0.25, 0.3) is 5.57 Å². The van der Waals surface area contributed by atoms with Crippen LogP contribution in [0.5, 0.6) is 0 Å². The molecule has 2 aromatic carbocycles. The maximum Gasteiger partial charge on any atom is 0.355 e. The Bertz CT molecular complexity index is 649. The lowest BCUT2D eigenvalue weighted by Crippen LogP contribution is -2.27. The van der Waals surface area contributed by atoms with Crippen LogP contribution < -0.4 is 5.32 Å². The maximum atomic E-state index is 12.1. The summed E-state index contributed by atoms with van der Waals surface area (Å²) in [7, 11) is 1.29. The van der Waals surface area contributed by atoms with Gasteiger partial charge in [0, 0.05) is 12.5 Å². The molecule has 1 N–H and O–H groups in total. The van der Waals surface area contributed by atoms with Gasteiger partial charge in [0.1, 0.15) is 5.70 Å². The molecule has 0 fully saturated rings. The summed E-state index contributed by atoms with van der Waals surface area (Å²) < 4.78 is 4.83. The topological polar surface area (TPSA) is 55.4 Å². The van der Waals surface area contributed by atoms with Gasteiger partial charge in [-0.15, -0.1) is 0 Å². The molecule has 0 aliphatic heterocycles. The third-order valence-corrected chi connectivity index (χ3v) is 3.07. The van der Waals surface area contributed by atoms with Gasteiger partial charge in [-0.25, -0.2) is 4.79 Å². The van der Waals surface area contributed by atoms with Crippen LogP contribution in [-0.2, 0) is 14.3 Å². The van der Waals surface area contributed by atoms with E-state index in [0.717, 1.165) is 11.1 Å². The van der Waals surface area contributed by atoms with Crippen LogP contribution in [-0.4, -0.2) is 19.0 Å². The Kier molecular flexibility index (Phi) is 5.09. The fourth-order valence-corrected chi connectivity index (χ4v) is 2.16. The summed E-state index contributed by atoms with van der Waals surface area (Å²) in [6.45, 7) is 1.36. The molecule has 4 nitrogen and oxygen atoms in total. The highest BCUT2D eigenvalue weighted by Gasteiger charge is 2.20. The highest BCUT2D eigenvalue weighted by molar-refractivity contribution is 6.04. The van der Waals surface area contributed by atoms with E-state index in [9.17, 15) is 9.59 Å². The quantitative estimate of drug-likeness (QED) is 0.697. The van der Waals surface area contributed by atoms with Crippen molar-refractivity contribution in [3.05, 3.63) is 77.5 Å². The Morgan fingerprint density at radius 1 is 0.864 bits per heavy atom. The van der Waals surface area contributed by atoms with Gasteiger partial charge in [-0.2, -0.15) is 0 Å². The number of amides is 1. The van der Waals surface area contributed by atoms with Crippen molar-refractivity contribution in [2.24, 2.45) is 0 Å². The SMILES string of the molecule is COC(=O)C(NC(C)=O)=C(c1ccccc1)c1ccccc1. The predicted molar refractivity (Wildman–Crippen MR) is 84.7 cm³/mol. The second-order valence-electron chi connectivity index (χ2n) is 4.65. The maximum absolute atomic E-state index is 12.1. The third kappa shape index (κ3) is 3.61. The number of esters is 1. The van der Waals surface area contributed by atoms with E-state index < -0.39 is 5.97 Å². The zero-order chi connectivity index (χ0) is 15.9. The Hall–Kier alpha value is -2.88. The number of hydrogen-bond donors (Lipinski definition) is 1. The van der Waals surface area contributed by atoms with E-state index in [0.29, 0.717) is 5.57 Å². The van der Waals surface area contributed by atoms with Gasteiger partial charge in [-0.1, -0.05) is 60.7 Å². The first-order chi connectivity index (χ1) is 10.6. The van der Waals surface area contributed by atoms with E-state index in [1.54, 1.807) is 0 Å². The van der Waals surface area contributed by atoms with Crippen molar-refractivity contribution in [1.29, 1.82) is 0 Å². The summed E-state index contributed by atoms with van der Waals surface area (Å²) in [4.78, 5) is 23.6. The van der Waals surface area contributed by atoms with Crippen molar-refractivity contribution in [2.45, 2.75) is 6.92 Å². The lowest BCUT2D eigenvalue weighted by molar-refractivity contribution is -0.137. The molecule has 1 amide bonds. The lowest BCUT2D eigenvalue weighted by Gasteiger charge is -2.15. The van der Waals surface area contributed by atoms with Crippen molar-refractivity contribution >= 4 is 17.4 Å². The zero-order valence-corrected chi connectivity index (χ0v) is 12.5. The van der Waals surface area contributed by atoms with Gasteiger partial charge in [0.05, 0.1) is 7.11 Å². The molecule has 0 saturated carbocycles. The van der Waals surface area contributed by atoms with Gasteiger partial charge in [-0.05, 0) is 11.1 Å². The number of carbonyl (C=O) groups is 2. The van der Waals surface area contributed by atoms with Crippen molar-refractivity contribution in [3.63, 3.8) is 0 Å². The number of carbonyl (C=O) groups excluding carboxylic acids is 2.